The van der Waals surface area contributed by atoms with Gasteiger partial charge in [0, 0.05) is 22.5 Å². The zero-order chi connectivity index (χ0) is 12.6. The summed E-state index contributed by atoms with van der Waals surface area (Å²) in [6, 6.07) is 6.72. The predicted molar refractivity (Wildman–Crippen MR) is 76.0 cm³/mol. The van der Waals surface area contributed by atoms with Gasteiger partial charge in [0.1, 0.15) is 11.4 Å². The summed E-state index contributed by atoms with van der Waals surface area (Å²) >= 11 is 3.54. The highest BCUT2D eigenvalue weighted by atomic mass is 79.9. The quantitative estimate of drug-likeness (QED) is 0.836. The molecule has 18 heavy (non-hydrogen) atoms. The van der Waals surface area contributed by atoms with Crippen molar-refractivity contribution in [3.05, 3.63) is 28.2 Å². The summed E-state index contributed by atoms with van der Waals surface area (Å²) in [5.74, 6) is 1.05. The lowest BCUT2D eigenvalue weighted by Gasteiger charge is -2.44. The summed E-state index contributed by atoms with van der Waals surface area (Å²) in [4.78, 5) is 0. The topological polar surface area (TPSA) is 33.3 Å². The molecule has 1 spiro atoms. The third-order valence-corrected chi connectivity index (χ3v) is 4.61. The van der Waals surface area contributed by atoms with Gasteiger partial charge in [-0.25, -0.2) is 0 Å². The van der Waals surface area contributed by atoms with Crippen LogP contribution in [0.25, 0.3) is 0 Å². The number of rotatable bonds is 1. The lowest BCUT2D eigenvalue weighted by molar-refractivity contribution is 0.00408. The molecular weight excluding hydrogens is 292 g/mol. The van der Waals surface area contributed by atoms with Crippen LogP contribution >= 0.6 is 15.9 Å². The first kappa shape index (κ1) is 12.5. The van der Waals surface area contributed by atoms with Gasteiger partial charge in [-0.2, -0.15) is 0 Å². The Labute approximate surface area is 116 Å². The Morgan fingerprint density at radius 1 is 1.39 bits per heavy atom. The van der Waals surface area contributed by atoms with Gasteiger partial charge in [0.15, 0.2) is 0 Å². The second-order valence-corrected chi connectivity index (χ2v) is 6.18. The number of fused-ring (bicyclic) bond motifs is 1. The Hall–Kier alpha value is -0.580. The van der Waals surface area contributed by atoms with E-state index in [1.54, 1.807) is 0 Å². The van der Waals surface area contributed by atoms with E-state index >= 15 is 0 Å². The van der Waals surface area contributed by atoms with E-state index in [2.05, 4.69) is 44.8 Å². The maximum absolute atomic E-state index is 6.35. The smallest absolute Gasteiger partial charge is 0.125 e. The summed E-state index contributed by atoms with van der Waals surface area (Å²) in [7, 11) is 2.04. The van der Waals surface area contributed by atoms with E-state index in [4.69, 9.17) is 4.74 Å². The molecule has 2 aliphatic rings. The molecule has 0 saturated carbocycles. The minimum absolute atomic E-state index is 0.0275. The molecule has 98 valence electrons. The molecule has 0 bridgehead atoms. The van der Waals surface area contributed by atoms with Crippen molar-refractivity contribution in [3.63, 3.8) is 0 Å². The molecule has 0 aliphatic carbocycles. The number of halogens is 1. The largest absolute Gasteiger partial charge is 0.487 e. The first-order chi connectivity index (χ1) is 8.72. The van der Waals surface area contributed by atoms with Gasteiger partial charge in [0.05, 0.1) is 0 Å². The van der Waals surface area contributed by atoms with E-state index in [-0.39, 0.29) is 5.60 Å². The van der Waals surface area contributed by atoms with Gasteiger partial charge in [-0.05, 0) is 51.2 Å². The van der Waals surface area contributed by atoms with E-state index in [0.717, 1.165) is 42.6 Å². The Balaban J connectivity index is 1.96. The number of ether oxygens (including phenoxy) is 1. The summed E-state index contributed by atoms with van der Waals surface area (Å²) in [6.45, 7) is 2.12. The molecule has 3 rings (SSSR count). The fourth-order valence-electron chi connectivity index (χ4n) is 3.09. The fourth-order valence-corrected chi connectivity index (χ4v) is 3.47. The van der Waals surface area contributed by atoms with E-state index in [0.29, 0.717) is 6.04 Å². The monoisotopic (exact) mass is 310 g/mol. The molecule has 1 saturated heterocycles. The van der Waals surface area contributed by atoms with Gasteiger partial charge in [0.25, 0.3) is 0 Å². The first-order valence-electron chi connectivity index (χ1n) is 6.59. The van der Waals surface area contributed by atoms with Crippen LogP contribution in [-0.4, -0.2) is 25.7 Å². The molecule has 1 fully saturated rings. The molecular formula is C14H19BrN2O. The standard InChI is InChI=1S/C14H19BrN2O/c1-16-12-9-14(4-6-17-7-5-14)18-13-3-2-10(15)8-11(12)13/h2-3,8,12,16-17H,4-7,9H2,1H3. The van der Waals surface area contributed by atoms with Crippen LogP contribution in [0.4, 0.5) is 0 Å². The van der Waals surface area contributed by atoms with Gasteiger partial charge in [0.2, 0.25) is 0 Å². The molecule has 0 aromatic heterocycles. The van der Waals surface area contributed by atoms with Crippen molar-refractivity contribution in [2.24, 2.45) is 0 Å². The first-order valence-corrected chi connectivity index (χ1v) is 7.38. The normalized spacial score (nSPS) is 25.6. The average molecular weight is 311 g/mol. The molecule has 1 aromatic rings. The minimum Gasteiger partial charge on any atom is -0.487 e. The van der Waals surface area contributed by atoms with Crippen LogP contribution in [0.15, 0.2) is 22.7 Å². The van der Waals surface area contributed by atoms with Crippen LogP contribution < -0.4 is 15.4 Å². The van der Waals surface area contributed by atoms with Crippen LogP contribution in [0.1, 0.15) is 30.9 Å². The molecule has 1 aromatic carbocycles. The van der Waals surface area contributed by atoms with Gasteiger partial charge in [-0.1, -0.05) is 15.9 Å². The van der Waals surface area contributed by atoms with Crippen molar-refractivity contribution < 1.29 is 4.74 Å². The van der Waals surface area contributed by atoms with Crippen molar-refractivity contribution in [1.29, 1.82) is 0 Å². The van der Waals surface area contributed by atoms with Gasteiger partial charge in [-0.15, -0.1) is 0 Å². The van der Waals surface area contributed by atoms with Crippen molar-refractivity contribution in [2.75, 3.05) is 20.1 Å². The van der Waals surface area contributed by atoms with Crippen molar-refractivity contribution in [1.82, 2.24) is 10.6 Å². The van der Waals surface area contributed by atoms with Crippen molar-refractivity contribution >= 4 is 15.9 Å². The van der Waals surface area contributed by atoms with Gasteiger partial charge in [-0.3, -0.25) is 0 Å². The van der Waals surface area contributed by atoms with Crippen molar-refractivity contribution in [2.45, 2.75) is 30.9 Å². The van der Waals surface area contributed by atoms with Crippen molar-refractivity contribution in [3.8, 4) is 5.75 Å². The Morgan fingerprint density at radius 3 is 2.89 bits per heavy atom. The molecule has 2 aliphatic heterocycles. The number of nitrogens with one attached hydrogen (secondary N) is 2. The summed E-state index contributed by atoms with van der Waals surface area (Å²) in [5.41, 5.74) is 1.30. The predicted octanol–water partition coefficient (Wildman–Crippen LogP) is 2.61. The zero-order valence-electron chi connectivity index (χ0n) is 10.6. The average Bonchev–Trinajstić information content (AvgIpc) is 2.39. The summed E-state index contributed by atoms with van der Waals surface area (Å²) < 4.78 is 7.46. The third-order valence-electron chi connectivity index (χ3n) is 4.11. The molecule has 1 unspecified atom stereocenters. The van der Waals surface area contributed by atoms with E-state index < -0.39 is 0 Å². The number of benzene rings is 1. The summed E-state index contributed by atoms with van der Waals surface area (Å²) in [5, 5.41) is 6.85. The molecule has 3 nitrogen and oxygen atoms in total. The second-order valence-electron chi connectivity index (χ2n) is 5.26. The molecule has 0 amide bonds. The molecule has 2 heterocycles. The van der Waals surface area contributed by atoms with E-state index in [1.807, 2.05) is 7.05 Å². The van der Waals surface area contributed by atoms with Crippen LogP contribution in [0, 0.1) is 0 Å². The third kappa shape index (κ3) is 2.17. The highest BCUT2D eigenvalue weighted by molar-refractivity contribution is 9.10. The van der Waals surface area contributed by atoms with Crippen LogP contribution in [0.5, 0.6) is 5.75 Å². The second kappa shape index (κ2) is 4.83. The summed E-state index contributed by atoms with van der Waals surface area (Å²) in [6.07, 6.45) is 3.26. The number of hydrogen-bond acceptors (Lipinski definition) is 3. The zero-order valence-corrected chi connectivity index (χ0v) is 12.2. The molecule has 0 radical (unpaired) electrons. The highest BCUT2D eigenvalue weighted by Gasteiger charge is 2.41. The SMILES string of the molecule is CNC1CC2(CCNCC2)Oc2ccc(Br)cc21. The van der Waals surface area contributed by atoms with Gasteiger partial charge < -0.3 is 15.4 Å². The van der Waals surface area contributed by atoms with E-state index in [1.165, 1.54) is 5.56 Å². The Bertz CT molecular complexity index is 443. The Kier molecular flexibility index (Phi) is 3.34. The molecule has 1 atom stereocenters. The lowest BCUT2D eigenvalue weighted by atomic mass is 9.81. The maximum Gasteiger partial charge on any atom is 0.125 e. The number of piperidine rings is 1. The van der Waals surface area contributed by atoms with Crippen LogP contribution in [0.2, 0.25) is 0 Å². The highest BCUT2D eigenvalue weighted by Crippen LogP contribution is 2.44. The lowest BCUT2D eigenvalue weighted by Crippen LogP contribution is -2.50. The van der Waals surface area contributed by atoms with Crippen LogP contribution in [0.3, 0.4) is 0 Å². The molecule has 4 heteroatoms. The van der Waals surface area contributed by atoms with Crippen LogP contribution in [-0.2, 0) is 0 Å². The number of hydrogen-bond donors (Lipinski definition) is 2. The Morgan fingerprint density at radius 2 is 2.17 bits per heavy atom. The van der Waals surface area contributed by atoms with E-state index in [9.17, 15) is 0 Å². The fraction of sp³-hybridized carbons (Fsp3) is 0.571. The molecule has 2 N–H and O–H groups in total. The maximum atomic E-state index is 6.35. The van der Waals surface area contributed by atoms with Gasteiger partial charge >= 0.3 is 0 Å². The minimum atomic E-state index is 0.0275.